The lowest BCUT2D eigenvalue weighted by molar-refractivity contribution is -0.142. The third-order valence-corrected chi connectivity index (χ3v) is 3.88. The lowest BCUT2D eigenvalue weighted by atomic mass is 10.1. The molecule has 5 nitrogen and oxygen atoms in total. The van der Waals surface area contributed by atoms with E-state index in [0.717, 1.165) is 12.8 Å². The lowest BCUT2D eigenvalue weighted by Gasteiger charge is -2.06. The van der Waals surface area contributed by atoms with E-state index in [2.05, 4.69) is 35.7 Å². The number of carbonyl (C=O) groups is 2. The zero-order valence-corrected chi connectivity index (χ0v) is 16.5. The van der Waals surface area contributed by atoms with E-state index in [0.29, 0.717) is 6.61 Å². The molecule has 0 aromatic carbocycles. The molecule has 0 radical (unpaired) electrons. The van der Waals surface area contributed by atoms with Gasteiger partial charge in [-0.2, -0.15) is 0 Å². The molecule has 0 aromatic rings. The fourth-order valence-corrected chi connectivity index (χ4v) is 2.37. The quantitative estimate of drug-likeness (QED) is 0.215. The molecule has 0 saturated heterocycles. The minimum absolute atomic E-state index is 0.122. The van der Waals surface area contributed by atoms with Crippen LogP contribution in [-0.4, -0.2) is 31.8 Å². The normalized spacial score (nSPS) is 10.7. The SMILES string of the molecule is C=CCOC(=O)NCC(=O)OCCCCCCCCC/C=C/CCCC. The van der Waals surface area contributed by atoms with Gasteiger partial charge in [-0.25, -0.2) is 4.79 Å². The van der Waals surface area contributed by atoms with Crippen molar-refractivity contribution < 1.29 is 19.1 Å². The van der Waals surface area contributed by atoms with Crippen molar-refractivity contribution in [1.29, 1.82) is 0 Å². The van der Waals surface area contributed by atoms with Crippen molar-refractivity contribution in [3.05, 3.63) is 24.8 Å². The summed E-state index contributed by atoms with van der Waals surface area (Å²) in [7, 11) is 0. The van der Waals surface area contributed by atoms with E-state index in [1.807, 2.05) is 0 Å². The number of nitrogens with one attached hydrogen (secondary N) is 1. The van der Waals surface area contributed by atoms with Gasteiger partial charge in [0.05, 0.1) is 6.61 Å². The molecule has 0 spiro atoms. The topological polar surface area (TPSA) is 64.6 Å². The van der Waals surface area contributed by atoms with Crippen LogP contribution < -0.4 is 5.32 Å². The molecule has 0 saturated carbocycles. The third-order valence-electron chi connectivity index (χ3n) is 3.88. The number of amides is 1. The molecule has 5 heteroatoms. The molecule has 0 fully saturated rings. The largest absolute Gasteiger partial charge is 0.464 e. The van der Waals surface area contributed by atoms with Crippen LogP contribution in [0.5, 0.6) is 0 Å². The molecule has 0 rings (SSSR count). The first-order valence-electron chi connectivity index (χ1n) is 10.0. The monoisotopic (exact) mass is 367 g/mol. The van der Waals surface area contributed by atoms with Crippen LogP contribution in [0.4, 0.5) is 4.79 Å². The van der Waals surface area contributed by atoms with Crippen LogP contribution in [-0.2, 0) is 14.3 Å². The van der Waals surface area contributed by atoms with E-state index in [9.17, 15) is 9.59 Å². The Morgan fingerprint density at radius 1 is 0.885 bits per heavy atom. The van der Waals surface area contributed by atoms with Crippen molar-refractivity contribution in [1.82, 2.24) is 5.32 Å². The number of esters is 1. The standard InChI is InChI=1S/C21H37NO4/c1-3-5-6-7-8-9-10-11-12-13-14-15-16-18-25-20(23)19-22-21(24)26-17-4-2/h4,7-8H,2-3,5-6,9-19H2,1H3,(H,22,24)/b8-7+. The van der Waals surface area contributed by atoms with Crippen molar-refractivity contribution >= 4 is 12.1 Å². The highest BCUT2D eigenvalue weighted by atomic mass is 16.6. The second kappa shape index (κ2) is 19.5. The molecule has 0 aliphatic heterocycles. The highest BCUT2D eigenvalue weighted by Crippen LogP contribution is 2.09. The van der Waals surface area contributed by atoms with Crippen LogP contribution in [0.25, 0.3) is 0 Å². The molecule has 0 aliphatic carbocycles. The summed E-state index contributed by atoms with van der Waals surface area (Å²) >= 11 is 0. The number of allylic oxidation sites excluding steroid dienone is 2. The van der Waals surface area contributed by atoms with Crippen LogP contribution in [0.2, 0.25) is 0 Å². The molecule has 0 bridgehead atoms. The Morgan fingerprint density at radius 3 is 2.15 bits per heavy atom. The maximum atomic E-state index is 11.4. The van der Waals surface area contributed by atoms with Gasteiger partial charge in [-0.05, 0) is 25.7 Å². The number of ether oxygens (including phenoxy) is 2. The Labute approximate surface area is 159 Å². The summed E-state index contributed by atoms with van der Waals surface area (Å²) in [6, 6.07) is 0. The van der Waals surface area contributed by atoms with Gasteiger partial charge < -0.3 is 14.8 Å². The zero-order valence-electron chi connectivity index (χ0n) is 16.5. The van der Waals surface area contributed by atoms with Crippen molar-refractivity contribution in [3.8, 4) is 0 Å². The maximum absolute atomic E-state index is 11.4. The van der Waals surface area contributed by atoms with Gasteiger partial charge in [-0.15, -0.1) is 0 Å². The molecular formula is C21H37NO4. The van der Waals surface area contributed by atoms with Gasteiger partial charge in [0.25, 0.3) is 0 Å². The van der Waals surface area contributed by atoms with E-state index in [1.54, 1.807) is 0 Å². The number of hydrogen-bond acceptors (Lipinski definition) is 4. The molecule has 26 heavy (non-hydrogen) atoms. The van der Waals surface area contributed by atoms with Gasteiger partial charge in [-0.3, -0.25) is 4.79 Å². The first kappa shape index (κ1) is 24.2. The maximum Gasteiger partial charge on any atom is 0.407 e. The summed E-state index contributed by atoms with van der Waals surface area (Å²) in [5, 5.41) is 2.33. The summed E-state index contributed by atoms with van der Waals surface area (Å²) in [5.74, 6) is -0.437. The third kappa shape index (κ3) is 18.6. The van der Waals surface area contributed by atoms with Gasteiger partial charge in [0, 0.05) is 0 Å². The summed E-state index contributed by atoms with van der Waals surface area (Å²) in [4.78, 5) is 22.5. The summed E-state index contributed by atoms with van der Waals surface area (Å²) in [5.41, 5.74) is 0. The van der Waals surface area contributed by atoms with Crippen LogP contribution >= 0.6 is 0 Å². The first-order valence-corrected chi connectivity index (χ1v) is 10.0. The average Bonchev–Trinajstić information content (AvgIpc) is 2.64. The highest BCUT2D eigenvalue weighted by molar-refractivity contribution is 5.77. The second-order valence-corrected chi connectivity index (χ2v) is 6.34. The molecular weight excluding hydrogens is 330 g/mol. The minimum Gasteiger partial charge on any atom is -0.464 e. The molecule has 0 heterocycles. The zero-order chi connectivity index (χ0) is 19.3. The van der Waals surface area contributed by atoms with Crippen molar-refractivity contribution in [2.75, 3.05) is 19.8 Å². The molecule has 1 amide bonds. The molecule has 150 valence electrons. The first-order chi connectivity index (χ1) is 12.7. The Bertz CT molecular complexity index is 393. The Morgan fingerprint density at radius 2 is 1.50 bits per heavy atom. The van der Waals surface area contributed by atoms with E-state index in [-0.39, 0.29) is 13.2 Å². The van der Waals surface area contributed by atoms with Gasteiger partial charge in [0.1, 0.15) is 13.2 Å². The minimum atomic E-state index is -0.640. The molecule has 0 unspecified atom stereocenters. The van der Waals surface area contributed by atoms with Crippen LogP contribution in [0.1, 0.15) is 77.6 Å². The van der Waals surface area contributed by atoms with Crippen LogP contribution in [0.15, 0.2) is 24.8 Å². The fourth-order valence-electron chi connectivity index (χ4n) is 2.37. The van der Waals surface area contributed by atoms with Gasteiger partial charge >= 0.3 is 12.1 Å². The molecule has 0 aliphatic rings. The average molecular weight is 368 g/mol. The number of rotatable bonds is 17. The molecule has 0 aromatic heterocycles. The summed E-state index contributed by atoms with van der Waals surface area (Å²) in [6.07, 6.45) is 18.6. The van der Waals surface area contributed by atoms with Crippen LogP contribution in [0, 0.1) is 0 Å². The van der Waals surface area contributed by atoms with E-state index < -0.39 is 12.1 Å². The van der Waals surface area contributed by atoms with Crippen molar-refractivity contribution in [2.45, 2.75) is 77.6 Å². The van der Waals surface area contributed by atoms with E-state index in [1.165, 1.54) is 63.9 Å². The predicted octanol–water partition coefficient (Wildman–Crippen LogP) is 5.31. The Hall–Kier alpha value is -1.78. The van der Waals surface area contributed by atoms with Gasteiger partial charge in [0.2, 0.25) is 0 Å². The number of carbonyl (C=O) groups excluding carboxylic acids is 2. The second-order valence-electron chi connectivity index (χ2n) is 6.34. The smallest absolute Gasteiger partial charge is 0.407 e. The van der Waals surface area contributed by atoms with E-state index in [4.69, 9.17) is 4.74 Å². The van der Waals surface area contributed by atoms with Gasteiger partial charge in [0.15, 0.2) is 0 Å². The predicted molar refractivity (Wildman–Crippen MR) is 106 cm³/mol. The fraction of sp³-hybridized carbons (Fsp3) is 0.714. The van der Waals surface area contributed by atoms with E-state index >= 15 is 0 Å². The lowest BCUT2D eigenvalue weighted by Crippen LogP contribution is -2.31. The number of hydrogen-bond donors (Lipinski definition) is 1. The Kier molecular flexibility index (Phi) is 18.2. The molecule has 1 N–H and O–H groups in total. The summed E-state index contributed by atoms with van der Waals surface area (Å²) in [6.45, 7) is 6.02. The number of alkyl carbamates (subject to hydrolysis) is 1. The summed E-state index contributed by atoms with van der Waals surface area (Å²) < 4.78 is 9.75. The van der Waals surface area contributed by atoms with Crippen molar-refractivity contribution in [3.63, 3.8) is 0 Å². The molecule has 0 atom stereocenters. The van der Waals surface area contributed by atoms with Crippen LogP contribution in [0.3, 0.4) is 0 Å². The van der Waals surface area contributed by atoms with Gasteiger partial charge in [-0.1, -0.05) is 76.7 Å². The number of unbranched alkanes of at least 4 members (excludes halogenated alkanes) is 9. The van der Waals surface area contributed by atoms with Crippen molar-refractivity contribution in [2.24, 2.45) is 0 Å². The highest BCUT2D eigenvalue weighted by Gasteiger charge is 2.06. The Balaban J connectivity index is 3.27.